The Labute approximate surface area is 187 Å². The number of hydrogen-bond donors (Lipinski definition) is 1. The zero-order valence-electron chi connectivity index (χ0n) is 18.1. The fraction of sp³-hybridized carbons (Fsp3) is 0.304. The highest BCUT2D eigenvalue weighted by Gasteiger charge is 2.27. The van der Waals surface area contributed by atoms with Gasteiger partial charge in [-0.25, -0.2) is 13.1 Å². The number of rotatable bonds is 7. The molecule has 4 rings (SSSR count). The molecule has 0 amide bonds. The predicted molar refractivity (Wildman–Crippen MR) is 123 cm³/mol. The van der Waals surface area contributed by atoms with Gasteiger partial charge in [-0.15, -0.1) is 0 Å². The van der Waals surface area contributed by atoms with Crippen LogP contribution in [0.25, 0.3) is 5.69 Å². The van der Waals surface area contributed by atoms with Crippen LogP contribution in [0.3, 0.4) is 0 Å². The maximum atomic E-state index is 12.9. The minimum absolute atomic E-state index is 0.0763. The van der Waals surface area contributed by atoms with E-state index in [1.807, 2.05) is 37.3 Å². The summed E-state index contributed by atoms with van der Waals surface area (Å²) in [6.07, 6.45) is 1.73. The smallest absolute Gasteiger partial charge is 0.295 e. The maximum Gasteiger partial charge on any atom is 0.295 e. The Kier molecular flexibility index (Phi) is 6.03. The van der Waals surface area contributed by atoms with E-state index in [0.717, 1.165) is 18.5 Å². The van der Waals surface area contributed by atoms with Gasteiger partial charge in [0.25, 0.3) is 5.56 Å². The zero-order chi connectivity index (χ0) is 22.9. The SMILES string of the molecule is Cc1c(NCC(=O)c2ccc(S(=O)(=O)N3CCCC3)cc2)c(=O)n(-c2ccccc2)n1C. The van der Waals surface area contributed by atoms with Crippen LogP contribution in [0.4, 0.5) is 5.69 Å². The van der Waals surface area contributed by atoms with Crippen LogP contribution in [-0.2, 0) is 17.1 Å². The molecule has 0 saturated carbocycles. The number of hydrogen-bond acceptors (Lipinski definition) is 5. The molecule has 3 aromatic rings. The molecule has 1 saturated heterocycles. The van der Waals surface area contributed by atoms with Crippen molar-refractivity contribution in [2.75, 3.05) is 25.0 Å². The lowest BCUT2D eigenvalue weighted by molar-refractivity contribution is 0.101. The highest BCUT2D eigenvalue weighted by atomic mass is 32.2. The number of ketones is 1. The molecule has 2 aromatic carbocycles. The van der Waals surface area contributed by atoms with Crippen molar-refractivity contribution in [3.8, 4) is 5.69 Å². The van der Waals surface area contributed by atoms with E-state index in [0.29, 0.717) is 30.0 Å². The maximum absolute atomic E-state index is 12.9. The van der Waals surface area contributed by atoms with E-state index in [-0.39, 0.29) is 22.8 Å². The Morgan fingerprint density at radius 1 is 1.00 bits per heavy atom. The summed E-state index contributed by atoms with van der Waals surface area (Å²) in [4.78, 5) is 25.8. The Morgan fingerprint density at radius 3 is 2.25 bits per heavy atom. The number of carbonyl (C=O) groups excluding carboxylic acids is 1. The second-order valence-electron chi connectivity index (χ2n) is 7.85. The van der Waals surface area contributed by atoms with Crippen LogP contribution in [0.2, 0.25) is 0 Å². The number of carbonyl (C=O) groups is 1. The van der Waals surface area contributed by atoms with Crippen molar-refractivity contribution < 1.29 is 13.2 Å². The number of sulfonamides is 1. The number of nitrogens with one attached hydrogen (secondary N) is 1. The Balaban J connectivity index is 1.49. The molecule has 8 nitrogen and oxygen atoms in total. The number of anilines is 1. The van der Waals surface area contributed by atoms with E-state index in [4.69, 9.17) is 0 Å². The van der Waals surface area contributed by atoms with E-state index in [1.165, 1.54) is 28.6 Å². The number of benzene rings is 2. The van der Waals surface area contributed by atoms with Crippen molar-refractivity contribution in [2.24, 2.45) is 7.05 Å². The summed E-state index contributed by atoms with van der Waals surface area (Å²) >= 11 is 0. The molecule has 1 N–H and O–H groups in total. The van der Waals surface area contributed by atoms with E-state index in [1.54, 1.807) is 16.4 Å². The molecule has 0 radical (unpaired) electrons. The molecule has 0 atom stereocenters. The molecule has 2 heterocycles. The molecule has 32 heavy (non-hydrogen) atoms. The number of Topliss-reactive ketones (excluding diaryl/α,β-unsaturated/α-hetero) is 1. The number of nitrogens with zero attached hydrogens (tertiary/aromatic N) is 3. The van der Waals surface area contributed by atoms with Gasteiger partial charge in [0, 0.05) is 25.7 Å². The van der Waals surface area contributed by atoms with Crippen molar-refractivity contribution in [3.05, 3.63) is 76.2 Å². The van der Waals surface area contributed by atoms with Crippen LogP contribution in [0.15, 0.2) is 64.3 Å². The lowest BCUT2D eigenvalue weighted by atomic mass is 10.1. The monoisotopic (exact) mass is 454 g/mol. The summed E-state index contributed by atoms with van der Waals surface area (Å²) in [5.41, 5.74) is 1.94. The van der Waals surface area contributed by atoms with Gasteiger partial charge in [-0.05, 0) is 56.2 Å². The molecule has 0 bridgehead atoms. The van der Waals surface area contributed by atoms with Crippen LogP contribution >= 0.6 is 0 Å². The second-order valence-corrected chi connectivity index (χ2v) is 9.79. The first-order chi connectivity index (χ1) is 15.3. The van der Waals surface area contributed by atoms with E-state index in [2.05, 4.69) is 5.32 Å². The largest absolute Gasteiger partial charge is 0.372 e. The molecule has 1 aromatic heterocycles. The fourth-order valence-corrected chi connectivity index (χ4v) is 5.45. The van der Waals surface area contributed by atoms with Crippen LogP contribution in [-0.4, -0.2) is 47.5 Å². The molecule has 168 valence electrons. The Hall–Kier alpha value is -3.17. The average Bonchev–Trinajstić information content (AvgIpc) is 3.42. The topological polar surface area (TPSA) is 93.4 Å². The summed E-state index contributed by atoms with van der Waals surface area (Å²) < 4.78 is 30.0. The minimum Gasteiger partial charge on any atom is -0.372 e. The summed E-state index contributed by atoms with van der Waals surface area (Å²) in [5, 5.41) is 2.97. The van der Waals surface area contributed by atoms with Crippen LogP contribution in [0.5, 0.6) is 0 Å². The van der Waals surface area contributed by atoms with Gasteiger partial charge >= 0.3 is 0 Å². The van der Waals surface area contributed by atoms with Gasteiger partial charge in [0.2, 0.25) is 10.0 Å². The van der Waals surface area contributed by atoms with Gasteiger partial charge in [0.1, 0.15) is 5.69 Å². The quantitative estimate of drug-likeness (QED) is 0.554. The molecular formula is C23H26N4O4S. The van der Waals surface area contributed by atoms with E-state index < -0.39 is 10.0 Å². The predicted octanol–water partition coefficient (Wildman–Crippen LogP) is 2.56. The van der Waals surface area contributed by atoms with Crippen LogP contribution < -0.4 is 10.9 Å². The first kappa shape index (κ1) is 22.0. The van der Waals surface area contributed by atoms with Crippen molar-refractivity contribution >= 4 is 21.5 Å². The molecule has 9 heteroatoms. The first-order valence-corrected chi connectivity index (χ1v) is 12.0. The molecule has 1 fully saturated rings. The lowest BCUT2D eigenvalue weighted by Crippen LogP contribution is -2.27. The highest BCUT2D eigenvalue weighted by molar-refractivity contribution is 7.89. The van der Waals surface area contributed by atoms with Gasteiger partial charge in [-0.3, -0.25) is 14.3 Å². The lowest BCUT2D eigenvalue weighted by Gasteiger charge is -2.15. The fourth-order valence-electron chi connectivity index (χ4n) is 3.93. The van der Waals surface area contributed by atoms with E-state index >= 15 is 0 Å². The van der Waals surface area contributed by atoms with Gasteiger partial charge in [-0.1, -0.05) is 18.2 Å². The minimum atomic E-state index is -3.52. The molecule has 0 spiro atoms. The molecule has 1 aliphatic heterocycles. The first-order valence-electron chi connectivity index (χ1n) is 10.5. The summed E-state index contributed by atoms with van der Waals surface area (Å²) in [7, 11) is -1.73. The van der Waals surface area contributed by atoms with Crippen LogP contribution in [0.1, 0.15) is 28.9 Å². The van der Waals surface area contributed by atoms with Crippen molar-refractivity contribution in [1.29, 1.82) is 0 Å². The summed E-state index contributed by atoms with van der Waals surface area (Å²) in [6, 6.07) is 15.3. The van der Waals surface area contributed by atoms with Gasteiger partial charge in [-0.2, -0.15) is 4.31 Å². The van der Waals surface area contributed by atoms with Crippen LogP contribution in [0, 0.1) is 6.92 Å². The highest BCUT2D eigenvalue weighted by Crippen LogP contribution is 2.21. The zero-order valence-corrected chi connectivity index (χ0v) is 18.9. The molecule has 0 aliphatic carbocycles. The van der Waals surface area contributed by atoms with Gasteiger partial charge in [0.15, 0.2) is 5.78 Å². The molecular weight excluding hydrogens is 428 g/mol. The number of para-hydroxylation sites is 1. The normalized spacial score (nSPS) is 14.6. The Bertz CT molecular complexity index is 1290. The summed E-state index contributed by atoms with van der Waals surface area (Å²) in [5.74, 6) is -0.232. The molecule has 0 unspecified atom stereocenters. The third-order valence-corrected chi connectivity index (χ3v) is 7.77. The van der Waals surface area contributed by atoms with E-state index in [9.17, 15) is 18.0 Å². The standard InChI is InChI=1S/C23H26N4O4S/c1-17-22(23(29)27(25(17)2)19-8-4-3-5-9-19)24-16-21(28)18-10-12-20(13-11-18)32(30,31)26-14-6-7-15-26/h3-5,8-13,24H,6-7,14-16H2,1-2H3. The van der Waals surface area contributed by atoms with Gasteiger partial charge < -0.3 is 5.32 Å². The van der Waals surface area contributed by atoms with Crippen molar-refractivity contribution in [3.63, 3.8) is 0 Å². The van der Waals surface area contributed by atoms with Gasteiger partial charge in [0.05, 0.1) is 22.8 Å². The third-order valence-electron chi connectivity index (χ3n) is 5.86. The average molecular weight is 455 g/mol. The van der Waals surface area contributed by atoms with Crippen molar-refractivity contribution in [2.45, 2.75) is 24.7 Å². The third kappa shape index (κ3) is 4.01. The number of aromatic nitrogens is 2. The molecule has 1 aliphatic rings. The Morgan fingerprint density at radius 2 is 1.62 bits per heavy atom. The second kappa shape index (κ2) is 8.76. The summed E-state index contributed by atoms with van der Waals surface area (Å²) in [6.45, 7) is 2.80. The van der Waals surface area contributed by atoms with Crippen molar-refractivity contribution in [1.82, 2.24) is 13.7 Å².